The lowest BCUT2D eigenvalue weighted by atomic mass is 10.1. The van der Waals surface area contributed by atoms with Crippen LogP contribution in [0, 0.1) is 12.8 Å². The molecule has 3 rings (SSSR count). The Hall–Kier alpha value is -2.92. The van der Waals surface area contributed by atoms with Crippen LogP contribution in [-0.4, -0.2) is 15.8 Å². The van der Waals surface area contributed by atoms with Gasteiger partial charge in [-0.3, -0.25) is 4.98 Å². The van der Waals surface area contributed by atoms with Crippen molar-refractivity contribution in [3.63, 3.8) is 0 Å². The van der Waals surface area contributed by atoms with Crippen LogP contribution in [0.3, 0.4) is 0 Å². The molecule has 160 valence electrons. The van der Waals surface area contributed by atoms with Gasteiger partial charge in [0.2, 0.25) is 0 Å². The average Bonchev–Trinajstić information content (AvgIpc) is 2.78. The highest BCUT2D eigenvalue weighted by Crippen LogP contribution is 2.33. The third kappa shape index (κ3) is 6.05. The smallest absolute Gasteiger partial charge is 0.157 e. The van der Waals surface area contributed by atoms with Crippen LogP contribution in [0.25, 0.3) is 6.08 Å². The number of nitrogens with two attached hydrogens (primary N) is 1. The normalized spacial score (nSPS) is 13.0. The van der Waals surface area contributed by atoms with Gasteiger partial charge in [0.25, 0.3) is 0 Å². The van der Waals surface area contributed by atoms with E-state index in [1.165, 1.54) is 16.0 Å². The van der Waals surface area contributed by atoms with Gasteiger partial charge < -0.3 is 5.73 Å². The minimum absolute atomic E-state index is 0.227. The summed E-state index contributed by atoms with van der Waals surface area (Å²) in [5, 5.41) is 0. The summed E-state index contributed by atoms with van der Waals surface area (Å²) in [6.45, 7) is 8.32. The number of rotatable bonds is 8. The van der Waals surface area contributed by atoms with Gasteiger partial charge in [-0.1, -0.05) is 62.0 Å². The molecule has 5 heteroatoms. The van der Waals surface area contributed by atoms with Gasteiger partial charge in [0.1, 0.15) is 5.84 Å². The summed E-state index contributed by atoms with van der Waals surface area (Å²) in [6, 6.07) is 14.6. The number of pyridine rings is 2. The molecule has 0 saturated heterocycles. The predicted octanol–water partition coefficient (Wildman–Crippen LogP) is 6.59. The molecule has 2 N–H and O–H groups in total. The first kappa shape index (κ1) is 22.8. The summed E-state index contributed by atoms with van der Waals surface area (Å²) in [5.74, 6) is 1.56. The number of amidine groups is 1. The van der Waals surface area contributed by atoms with E-state index in [4.69, 9.17) is 10.7 Å². The number of aromatic nitrogens is 2. The van der Waals surface area contributed by atoms with Crippen LogP contribution >= 0.6 is 11.8 Å². The monoisotopic (exact) mass is 430 g/mol. The van der Waals surface area contributed by atoms with E-state index >= 15 is 0 Å². The standard InChI is InChI=1S/C26H30N4S/c1-5-10-23-19(4)24(13-14-28-23)31-22-16-21(15-20-11-8-7-9-12-20)26(29-17-22)30-25(27)18(3)6-2/h5,7-14,16-18H,6,15H2,1-4H3,(H2,27,29,30)/b10-5-. The van der Waals surface area contributed by atoms with Crippen LogP contribution < -0.4 is 5.73 Å². The third-order valence-corrected chi connectivity index (χ3v) is 6.37. The average molecular weight is 431 g/mol. The zero-order valence-corrected chi connectivity index (χ0v) is 19.5. The minimum atomic E-state index is 0.227. The Labute approximate surface area is 189 Å². The topological polar surface area (TPSA) is 64.2 Å². The van der Waals surface area contributed by atoms with E-state index in [2.05, 4.69) is 67.1 Å². The van der Waals surface area contributed by atoms with Gasteiger partial charge in [0, 0.05) is 40.1 Å². The van der Waals surface area contributed by atoms with E-state index in [-0.39, 0.29) is 5.92 Å². The molecule has 0 aliphatic carbocycles. The van der Waals surface area contributed by atoms with Crippen molar-refractivity contribution in [2.24, 2.45) is 16.6 Å². The highest BCUT2D eigenvalue weighted by molar-refractivity contribution is 7.99. The molecule has 1 aromatic carbocycles. The number of hydrogen-bond acceptors (Lipinski definition) is 4. The Bertz CT molecular complexity index is 1070. The predicted molar refractivity (Wildman–Crippen MR) is 132 cm³/mol. The molecular weight excluding hydrogens is 400 g/mol. The maximum absolute atomic E-state index is 6.24. The second kappa shape index (κ2) is 10.9. The van der Waals surface area contributed by atoms with Crippen molar-refractivity contribution in [1.82, 2.24) is 9.97 Å². The number of allylic oxidation sites excluding steroid dienone is 1. The van der Waals surface area contributed by atoms with Crippen molar-refractivity contribution in [2.45, 2.75) is 50.3 Å². The molecule has 0 radical (unpaired) electrons. The fourth-order valence-corrected chi connectivity index (χ4v) is 4.07. The molecule has 0 fully saturated rings. The van der Waals surface area contributed by atoms with E-state index < -0.39 is 0 Å². The van der Waals surface area contributed by atoms with Crippen LogP contribution in [0.2, 0.25) is 0 Å². The van der Waals surface area contributed by atoms with Crippen LogP contribution in [0.4, 0.5) is 5.82 Å². The Morgan fingerprint density at radius 2 is 1.97 bits per heavy atom. The minimum Gasteiger partial charge on any atom is -0.387 e. The summed E-state index contributed by atoms with van der Waals surface area (Å²) in [4.78, 5) is 16.1. The molecule has 0 aliphatic heterocycles. The molecule has 1 unspecified atom stereocenters. The summed E-state index contributed by atoms with van der Waals surface area (Å²) < 4.78 is 0. The van der Waals surface area contributed by atoms with E-state index in [9.17, 15) is 0 Å². The van der Waals surface area contributed by atoms with Crippen LogP contribution in [0.5, 0.6) is 0 Å². The molecule has 4 nitrogen and oxygen atoms in total. The lowest BCUT2D eigenvalue weighted by Crippen LogP contribution is -2.20. The fraction of sp³-hybridized carbons (Fsp3) is 0.269. The van der Waals surface area contributed by atoms with Crippen molar-refractivity contribution in [2.75, 3.05) is 0 Å². The number of aliphatic imine (C=N–C) groups is 1. The molecule has 1 atom stereocenters. The number of hydrogen-bond donors (Lipinski definition) is 1. The Morgan fingerprint density at radius 1 is 1.19 bits per heavy atom. The van der Waals surface area contributed by atoms with Gasteiger partial charge >= 0.3 is 0 Å². The lowest BCUT2D eigenvalue weighted by molar-refractivity contribution is 0.732. The molecule has 0 spiro atoms. The van der Waals surface area contributed by atoms with E-state index in [1.807, 2.05) is 37.5 Å². The number of benzene rings is 1. The van der Waals surface area contributed by atoms with Gasteiger partial charge in [-0.15, -0.1) is 0 Å². The zero-order chi connectivity index (χ0) is 22.2. The Balaban J connectivity index is 1.98. The van der Waals surface area contributed by atoms with Gasteiger partial charge in [-0.25, -0.2) is 9.98 Å². The van der Waals surface area contributed by atoms with Gasteiger partial charge in [-0.05, 0) is 49.6 Å². The Morgan fingerprint density at radius 3 is 2.68 bits per heavy atom. The van der Waals surface area contributed by atoms with Crippen molar-refractivity contribution >= 4 is 29.5 Å². The quantitative estimate of drug-likeness (QED) is 0.323. The highest BCUT2D eigenvalue weighted by atomic mass is 32.2. The summed E-state index contributed by atoms with van der Waals surface area (Å²) >= 11 is 1.70. The molecule has 2 aromatic heterocycles. The van der Waals surface area contributed by atoms with Crippen molar-refractivity contribution in [3.05, 3.63) is 83.3 Å². The number of nitrogens with zero attached hydrogens (tertiary/aromatic N) is 3. The Kier molecular flexibility index (Phi) is 8.01. The molecule has 0 saturated carbocycles. The first-order chi connectivity index (χ1) is 15.0. The third-order valence-electron chi connectivity index (χ3n) is 5.25. The first-order valence-electron chi connectivity index (χ1n) is 10.6. The summed E-state index contributed by atoms with van der Waals surface area (Å²) in [7, 11) is 0. The molecule has 3 aromatic rings. The second-order valence-electron chi connectivity index (χ2n) is 7.58. The first-order valence-corrected chi connectivity index (χ1v) is 11.5. The maximum Gasteiger partial charge on any atom is 0.157 e. The van der Waals surface area contributed by atoms with Gasteiger partial charge in [0.05, 0.1) is 5.69 Å². The van der Waals surface area contributed by atoms with Crippen molar-refractivity contribution in [1.29, 1.82) is 0 Å². The van der Waals surface area contributed by atoms with E-state index in [1.54, 1.807) is 11.8 Å². The van der Waals surface area contributed by atoms with Crippen LogP contribution in [0.15, 0.2) is 75.7 Å². The molecule has 0 amide bonds. The van der Waals surface area contributed by atoms with E-state index in [0.29, 0.717) is 11.7 Å². The fourth-order valence-electron chi connectivity index (χ4n) is 3.12. The summed E-state index contributed by atoms with van der Waals surface area (Å²) in [5.41, 5.74) is 10.7. The lowest BCUT2D eigenvalue weighted by Gasteiger charge is -2.12. The van der Waals surface area contributed by atoms with Crippen LogP contribution in [-0.2, 0) is 6.42 Å². The van der Waals surface area contributed by atoms with Crippen molar-refractivity contribution < 1.29 is 0 Å². The van der Waals surface area contributed by atoms with E-state index in [0.717, 1.165) is 29.0 Å². The molecule has 2 heterocycles. The van der Waals surface area contributed by atoms with Crippen molar-refractivity contribution in [3.8, 4) is 0 Å². The molecule has 0 aliphatic rings. The molecular formula is C26H30N4S. The summed E-state index contributed by atoms with van der Waals surface area (Å²) in [6.07, 6.45) is 9.50. The molecule has 0 bridgehead atoms. The zero-order valence-electron chi connectivity index (χ0n) is 18.7. The SMILES string of the molecule is C/C=C\c1nccc(Sc2cnc(/N=C(/N)C(C)CC)c(Cc3ccccc3)c2)c1C. The van der Waals surface area contributed by atoms with Gasteiger partial charge in [-0.2, -0.15) is 0 Å². The maximum atomic E-state index is 6.24. The second-order valence-corrected chi connectivity index (χ2v) is 8.70. The molecule has 31 heavy (non-hydrogen) atoms. The largest absolute Gasteiger partial charge is 0.387 e. The van der Waals surface area contributed by atoms with Gasteiger partial charge in [0.15, 0.2) is 5.82 Å². The highest BCUT2D eigenvalue weighted by Gasteiger charge is 2.12. The van der Waals surface area contributed by atoms with Crippen LogP contribution in [0.1, 0.15) is 49.6 Å².